The molecule has 41 heavy (non-hydrogen) atoms. The van der Waals surface area contributed by atoms with Crippen molar-refractivity contribution in [3.05, 3.63) is 46.4 Å². The number of aromatic nitrogens is 4. The molecule has 0 saturated carbocycles. The number of carboxylic acid groups (broad SMARTS) is 1. The summed E-state index contributed by atoms with van der Waals surface area (Å²) in [6.45, 7) is 2.19. The van der Waals surface area contributed by atoms with E-state index >= 15 is 0 Å². The summed E-state index contributed by atoms with van der Waals surface area (Å²) in [7, 11) is 1.69. The number of hydrogen-bond acceptors (Lipinski definition) is 12. The maximum Gasteiger partial charge on any atom is 0.326 e. The van der Waals surface area contributed by atoms with Crippen LogP contribution < -0.4 is 32.6 Å². The van der Waals surface area contributed by atoms with Gasteiger partial charge in [-0.15, -0.1) is 0 Å². The highest BCUT2D eigenvalue weighted by Crippen LogP contribution is 2.22. The highest BCUT2D eigenvalue weighted by atomic mass is 16.5. The fourth-order valence-corrected chi connectivity index (χ4v) is 3.59. The average Bonchev–Trinajstić information content (AvgIpc) is 2.95. The van der Waals surface area contributed by atoms with Crippen molar-refractivity contribution in [2.24, 2.45) is 5.73 Å². The fraction of sp³-hybridized carbons (Fsp3) is 0.400. The van der Waals surface area contributed by atoms with E-state index in [4.69, 9.17) is 20.9 Å². The van der Waals surface area contributed by atoms with Crippen molar-refractivity contribution in [1.82, 2.24) is 30.6 Å². The number of aliphatic carboxylic acids is 1. The average molecular weight is 572 g/mol. The van der Waals surface area contributed by atoms with E-state index in [1.54, 1.807) is 24.1 Å². The van der Waals surface area contributed by atoms with E-state index in [1.807, 2.05) is 0 Å². The number of amides is 2. The maximum absolute atomic E-state index is 12.7. The molecule has 1 atom stereocenters. The first kappa shape index (κ1) is 30.9. The summed E-state index contributed by atoms with van der Waals surface area (Å²) < 4.78 is 10.5. The molecule has 0 bridgehead atoms. The summed E-state index contributed by atoms with van der Waals surface area (Å²) in [6.07, 6.45) is 1.23. The second-order valence-corrected chi connectivity index (χ2v) is 8.72. The van der Waals surface area contributed by atoms with E-state index < -0.39 is 23.5 Å². The minimum atomic E-state index is -1.26. The Hall–Kier alpha value is -4.67. The Morgan fingerprint density at radius 3 is 2.49 bits per heavy atom. The highest BCUT2D eigenvalue weighted by Gasteiger charge is 2.22. The van der Waals surface area contributed by atoms with E-state index in [0.29, 0.717) is 37.9 Å². The number of H-pyrrole nitrogens is 1. The van der Waals surface area contributed by atoms with Gasteiger partial charge in [-0.2, -0.15) is 4.98 Å². The molecular weight excluding hydrogens is 538 g/mol. The van der Waals surface area contributed by atoms with Gasteiger partial charge in [-0.3, -0.25) is 19.4 Å². The van der Waals surface area contributed by atoms with Crippen molar-refractivity contribution >= 4 is 46.4 Å². The van der Waals surface area contributed by atoms with Crippen LogP contribution in [-0.2, 0) is 19.1 Å². The number of nitrogens with two attached hydrogens (primary N) is 2. The molecule has 0 unspecified atom stereocenters. The van der Waals surface area contributed by atoms with Gasteiger partial charge in [-0.05, 0) is 30.7 Å². The van der Waals surface area contributed by atoms with E-state index in [9.17, 15) is 24.3 Å². The van der Waals surface area contributed by atoms with Crippen molar-refractivity contribution < 1.29 is 29.0 Å². The van der Waals surface area contributed by atoms with Crippen molar-refractivity contribution in [2.45, 2.75) is 18.9 Å². The number of anilines is 3. The standard InChI is InChI=1S/C25H33N9O7/c1-34(18-14-29-21-20(31-18)23(37)33-25(27)32-21)16-4-2-15(3-5-16)22(36)30-17(24(38)39)6-7-19(35)28-9-11-41-13-12-40-10-8-26/h2-5,14,17H,6-13,26H2,1H3,(H,28,35)(H,30,36)(H,38,39)(H3,27,29,32,33,37)/t17-/m0/s1. The lowest BCUT2D eigenvalue weighted by Crippen LogP contribution is -2.41. The first-order valence-corrected chi connectivity index (χ1v) is 12.7. The zero-order valence-corrected chi connectivity index (χ0v) is 22.5. The van der Waals surface area contributed by atoms with E-state index in [-0.39, 0.29) is 54.6 Å². The quantitative estimate of drug-likeness (QED) is 0.115. The van der Waals surface area contributed by atoms with Crippen LogP contribution in [0.25, 0.3) is 11.2 Å². The zero-order chi connectivity index (χ0) is 29.8. The monoisotopic (exact) mass is 571 g/mol. The second-order valence-electron chi connectivity index (χ2n) is 8.72. The van der Waals surface area contributed by atoms with Crippen LogP contribution in [0.1, 0.15) is 23.2 Å². The van der Waals surface area contributed by atoms with Gasteiger partial charge in [-0.25, -0.2) is 14.8 Å². The van der Waals surface area contributed by atoms with Crippen LogP contribution in [0.2, 0.25) is 0 Å². The Bertz CT molecular complexity index is 1400. The van der Waals surface area contributed by atoms with E-state index in [1.165, 1.54) is 18.3 Å². The molecule has 0 fully saturated rings. The second kappa shape index (κ2) is 15.2. The molecule has 2 amide bonds. The number of ether oxygens (including phenoxy) is 2. The molecule has 2 aromatic heterocycles. The number of fused-ring (bicyclic) bond motifs is 1. The van der Waals surface area contributed by atoms with Crippen molar-refractivity contribution in [3.8, 4) is 0 Å². The van der Waals surface area contributed by atoms with Crippen LogP contribution in [0.3, 0.4) is 0 Å². The topological polar surface area (TPSA) is 241 Å². The van der Waals surface area contributed by atoms with Crippen LogP contribution in [-0.4, -0.2) is 95.4 Å². The van der Waals surface area contributed by atoms with Crippen LogP contribution >= 0.6 is 0 Å². The molecule has 0 aliphatic heterocycles. The Kier molecular flexibility index (Phi) is 11.4. The highest BCUT2D eigenvalue weighted by molar-refractivity contribution is 5.97. The van der Waals surface area contributed by atoms with Crippen LogP contribution in [0.15, 0.2) is 35.3 Å². The van der Waals surface area contributed by atoms with Gasteiger partial charge in [0.2, 0.25) is 11.9 Å². The van der Waals surface area contributed by atoms with Gasteiger partial charge in [0.05, 0.1) is 32.6 Å². The molecule has 1 aromatic carbocycles. The Morgan fingerprint density at radius 1 is 1.10 bits per heavy atom. The number of nitrogens with zero attached hydrogens (tertiary/aromatic N) is 4. The number of carbonyl (C=O) groups excluding carboxylic acids is 2. The van der Waals surface area contributed by atoms with Gasteiger partial charge < -0.3 is 41.6 Å². The van der Waals surface area contributed by atoms with Gasteiger partial charge in [0, 0.05) is 37.8 Å². The number of carboxylic acids is 1. The van der Waals surface area contributed by atoms with Gasteiger partial charge in [0.15, 0.2) is 17.0 Å². The molecule has 0 saturated heterocycles. The van der Waals surface area contributed by atoms with Gasteiger partial charge in [0.1, 0.15) is 6.04 Å². The number of nitrogen functional groups attached to an aromatic ring is 1. The molecule has 16 nitrogen and oxygen atoms in total. The number of benzene rings is 1. The predicted molar refractivity (Wildman–Crippen MR) is 149 cm³/mol. The molecule has 3 rings (SSSR count). The SMILES string of the molecule is CN(c1ccc(C(=O)N[C@@H](CCC(=O)NCCOCCOCCN)C(=O)O)cc1)c1cnc2nc(N)[nH]c(=O)c2n1. The minimum Gasteiger partial charge on any atom is -0.480 e. The molecule has 0 aliphatic rings. The normalized spacial score (nSPS) is 11.7. The third kappa shape index (κ3) is 9.20. The largest absolute Gasteiger partial charge is 0.480 e. The van der Waals surface area contributed by atoms with Gasteiger partial charge >= 0.3 is 5.97 Å². The molecule has 0 aliphatic carbocycles. The molecule has 8 N–H and O–H groups in total. The summed E-state index contributed by atoms with van der Waals surface area (Å²) in [6, 6.07) is 5.01. The third-order valence-electron chi connectivity index (χ3n) is 5.75. The molecular formula is C25H33N9O7. The van der Waals surface area contributed by atoms with Crippen molar-refractivity contribution in [2.75, 3.05) is 57.2 Å². The number of nitrogens with one attached hydrogen (secondary N) is 3. The summed E-state index contributed by atoms with van der Waals surface area (Å²) in [5, 5.41) is 14.6. The van der Waals surface area contributed by atoms with Crippen LogP contribution in [0.4, 0.5) is 17.5 Å². The number of aromatic amines is 1. The lowest BCUT2D eigenvalue weighted by atomic mass is 10.1. The molecule has 2 heterocycles. The third-order valence-corrected chi connectivity index (χ3v) is 5.75. The van der Waals surface area contributed by atoms with Crippen LogP contribution in [0.5, 0.6) is 0 Å². The summed E-state index contributed by atoms with van der Waals surface area (Å²) in [4.78, 5) is 65.0. The number of rotatable bonds is 16. The Labute approximate surface area is 234 Å². The lowest BCUT2D eigenvalue weighted by molar-refractivity contribution is -0.139. The minimum absolute atomic E-state index is 0.0189. The predicted octanol–water partition coefficient (Wildman–Crippen LogP) is -0.865. The molecule has 0 spiro atoms. The fourth-order valence-electron chi connectivity index (χ4n) is 3.59. The van der Waals surface area contributed by atoms with Crippen molar-refractivity contribution in [3.63, 3.8) is 0 Å². The first-order chi connectivity index (χ1) is 19.7. The molecule has 220 valence electrons. The smallest absolute Gasteiger partial charge is 0.326 e. The maximum atomic E-state index is 12.7. The molecule has 0 radical (unpaired) electrons. The first-order valence-electron chi connectivity index (χ1n) is 12.7. The van der Waals surface area contributed by atoms with Gasteiger partial charge in [-0.1, -0.05) is 0 Å². The van der Waals surface area contributed by atoms with Gasteiger partial charge in [0.25, 0.3) is 11.5 Å². The molecule has 3 aromatic rings. The zero-order valence-electron chi connectivity index (χ0n) is 22.5. The van der Waals surface area contributed by atoms with Crippen molar-refractivity contribution in [1.29, 1.82) is 0 Å². The lowest BCUT2D eigenvalue weighted by Gasteiger charge is -2.19. The summed E-state index contributed by atoms with van der Waals surface area (Å²) in [5.74, 6) is -1.96. The van der Waals surface area contributed by atoms with E-state index in [2.05, 4.69) is 30.6 Å². The number of hydrogen-bond donors (Lipinski definition) is 6. The van der Waals surface area contributed by atoms with Crippen LogP contribution in [0, 0.1) is 0 Å². The van der Waals surface area contributed by atoms with E-state index in [0.717, 1.165) is 0 Å². The summed E-state index contributed by atoms with van der Waals surface area (Å²) >= 11 is 0. The Morgan fingerprint density at radius 2 is 1.80 bits per heavy atom. The number of carbonyl (C=O) groups is 3. The molecule has 16 heteroatoms. The summed E-state index contributed by atoms with van der Waals surface area (Å²) in [5.41, 5.74) is 11.3. The Balaban J connectivity index is 1.50.